The van der Waals surface area contributed by atoms with Gasteiger partial charge in [-0.2, -0.15) is 0 Å². The molecule has 3 aliphatic rings. The van der Waals surface area contributed by atoms with Gasteiger partial charge in [0.05, 0.1) is 38.0 Å². The third-order valence-corrected chi connectivity index (χ3v) is 11.5. The largest absolute Gasteiger partial charge is 0.496 e. The second-order valence-electron chi connectivity index (χ2n) is 15.0. The molecule has 2 aromatic rings. The molecule has 2 aromatic carbocycles. The number of hydrogen-bond acceptors (Lipinski definition) is 12. The van der Waals surface area contributed by atoms with Gasteiger partial charge in [0.15, 0.2) is 5.72 Å². The Morgan fingerprint density at radius 1 is 1.14 bits per heavy atom. The van der Waals surface area contributed by atoms with Gasteiger partial charge >= 0.3 is 12.1 Å². The van der Waals surface area contributed by atoms with E-state index in [0.717, 1.165) is 11.1 Å². The number of carbonyl (C=O) groups excluding carboxylic acids is 4. The molecule has 5 rings (SSSR count). The molecule has 16 heteroatoms. The van der Waals surface area contributed by atoms with Gasteiger partial charge in [-0.15, -0.1) is 0 Å². The number of benzene rings is 2. The van der Waals surface area contributed by atoms with Crippen molar-refractivity contribution in [3.05, 3.63) is 70.3 Å². The summed E-state index contributed by atoms with van der Waals surface area (Å²) in [7, 11) is 9.11. The summed E-state index contributed by atoms with van der Waals surface area (Å²) in [6, 6.07) is 7.48. The quantitative estimate of drug-likeness (QED) is 0.244. The number of alkyl carbamates (subject to hydrolysis) is 1. The van der Waals surface area contributed by atoms with Crippen molar-refractivity contribution < 1.29 is 52.7 Å². The first kappa shape index (κ1) is 43.3. The second kappa shape index (κ2) is 17.3. The first-order chi connectivity index (χ1) is 26.9. The fraction of sp³-hybridized carbons (Fsp3) is 0.512. The van der Waals surface area contributed by atoms with Crippen molar-refractivity contribution >= 4 is 46.9 Å². The smallest absolute Gasteiger partial charge is 0.409 e. The van der Waals surface area contributed by atoms with Crippen LogP contribution in [0.3, 0.4) is 0 Å². The highest BCUT2D eigenvalue weighted by Gasteiger charge is 2.64. The summed E-state index contributed by atoms with van der Waals surface area (Å²) in [5.74, 6) is -1.63. The Kier molecular flexibility index (Phi) is 13.2. The number of likely N-dealkylation sites (N-methyl/N-ethyl adjacent to an activating group) is 1. The highest BCUT2D eigenvalue weighted by atomic mass is 35.5. The molecule has 0 unspecified atom stereocenters. The van der Waals surface area contributed by atoms with E-state index in [-0.39, 0.29) is 23.4 Å². The lowest BCUT2D eigenvalue weighted by atomic mass is 9.83. The Labute approximate surface area is 338 Å². The fourth-order valence-electron chi connectivity index (χ4n) is 7.40. The molecular weight excluding hydrogens is 760 g/mol. The Bertz CT molecular complexity index is 1940. The summed E-state index contributed by atoms with van der Waals surface area (Å²) in [6.45, 7) is 6.93. The maximum atomic E-state index is 14.3. The average molecular weight is 813 g/mol. The number of ether oxygens (including phenoxy) is 6. The lowest BCUT2D eigenvalue weighted by Gasteiger charge is -2.42. The van der Waals surface area contributed by atoms with Gasteiger partial charge in [-0.1, -0.05) is 42.3 Å². The van der Waals surface area contributed by atoms with Crippen molar-refractivity contribution in [1.82, 2.24) is 10.2 Å². The maximum absolute atomic E-state index is 14.3. The van der Waals surface area contributed by atoms with Crippen molar-refractivity contribution in [3.63, 3.8) is 0 Å². The first-order valence-electron chi connectivity index (χ1n) is 18.6. The van der Waals surface area contributed by atoms with E-state index in [2.05, 4.69) is 10.6 Å². The predicted molar refractivity (Wildman–Crippen MR) is 213 cm³/mol. The Hall–Kier alpha value is -4.83. The first-order valence-corrected chi connectivity index (χ1v) is 19.0. The van der Waals surface area contributed by atoms with Gasteiger partial charge in [0.1, 0.15) is 46.5 Å². The zero-order chi connectivity index (χ0) is 42.0. The van der Waals surface area contributed by atoms with Gasteiger partial charge in [0, 0.05) is 46.3 Å². The number of carbonyl (C=O) groups is 4. The van der Waals surface area contributed by atoms with E-state index < -0.39 is 71.6 Å². The summed E-state index contributed by atoms with van der Waals surface area (Å²) < 4.78 is 34.8. The molecule has 8 atom stereocenters. The molecule has 0 radical (unpaired) electrons. The number of nitrogens with one attached hydrogen (secondary N) is 2. The molecule has 0 saturated carbocycles. The molecule has 3 aliphatic heterocycles. The van der Waals surface area contributed by atoms with Crippen molar-refractivity contribution in [2.24, 2.45) is 5.92 Å². The highest BCUT2D eigenvalue weighted by Crippen LogP contribution is 2.49. The summed E-state index contributed by atoms with van der Waals surface area (Å²) in [4.78, 5) is 57.6. The molecule has 0 aromatic heterocycles. The minimum absolute atomic E-state index is 0.0696. The van der Waals surface area contributed by atoms with Gasteiger partial charge in [0.25, 0.3) is 5.91 Å². The molecule has 15 nitrogen and oxygen atoms in total. The molecule has 310 valence electrons. The molecule has 2 saturated heterocycles. The number of aliphatic hydroxyl groups is 1. The van der Waals surface area contributed by atoms with E-state index in [1.807, 2.05) is 13.0 Å². The number of methoxy groups -OCH3 is 3. The van der Waals surface area contributed by atoms with Crippen molar-refractivity contribution in [3.8, 4) is 11.5 Å². The van der Waals surface area contributed by atoms with E-state index in [1.165, 1.54) is 45.1 Å². The predicted octanol–water partition coefficient (Wildman–Crippen LogP) is 4.88. The monoisotopic (exact) mass is 812 g/mol. The number of epoxide rings is 1. The number of nitrogens with zero attached hydrogens (tertiary/aromatic N) is 2. The SMILES string of the molecule is CNc1ccc(OC)c(C(=O)N(C)[C@@H](C)C(=O)O[C@H]2CC(=O)N(C)c3cc(cc(OC)c3Cl)C/C(C)=C/C=C/[C@@H](OC)[C@@]3(O)C[C@H](OC(=O)N3)[C@@H](C)[C@@H]3O[C@@]23C)c1. The Morgan fingerprint density at radius 2 is 1.84 bits per heavy atom. The van der Waals surface area contributed by atoms with Crippen LogP contribution in [0.5, 0.6) is 11.5 Å². The number of hydrogen-bond donors (Lipinski definition) is 3. The summed E-state index contributed by atoms with van der Waals surface area (Å²) in [6.07, 6.45) is 0.701. The summed E-state index contributed by atoms with van der Waals surface area (Å²) >= 11 is 6.79. The van der Waals surface area contributed by atoms with Crippen LogP contribution in [0.1, 0.15) is 56.5 Å². The number of esters is 1. The van der Waals surface area contributed by atoms with E-state index >= 15 is 0 Å². The molecule has 0 spiro atoms. The number of allylic oxidation sites excluding steroid dienone is 3. The average Bonchev–Trinajstić information content (AvgIpc) is 3.89. The number of amides is 3. The minimum atomic E-state index is -1.85. The van der Waals surface area contributed by atoms with Crippen molar-refractivity contribution in [1.29, 1.82) is 0 Å². The Balaban J connectivity index is 1.52. The molecule has 2 fully saturated rings. The second-order valence-corrected chi connectivity index (χ2v) is 15.4. The van der Waals surface area contributed by atoms with Crippen LogP contribution in [0.2, 0.25) is 5.02 Å². The summed E-state index contributed by atoms with van der Waals surface area (Å²) in [5.41, 5.74) is -0.134. The fourth-order valence-corrected chi connectivity index (χ4v) is 7.71. The topological polar surface area (TPSA) is 178 Å². The highest BCUT2D eigenvalue weighted by molar-refractivity contribution is 6.35. The number of fused-ring (bicyclic) bond motifs is 5. The molecule has 0 aliphatic carbocycles. The van der Waals surface area contributed by atoms with Gasteiger partial charge < -0.3 is 48.6 Å². The maximum Gasteiger partial charge on any atom is 0.409 e. The minimum Gasteiger partial charge on any atom is -0.496 e. The van der Waals surface area contributed by atoms with Crippen LogP contribution >= 0.6 is 11.6 Å². The van der Waals surface area contributed by atoms with Gasteiger partial charge in [0.2, 0.25) is 5.91 Å². The van der Waals surface area contributed by atoms with Gasteiger partial charge in [-0.25, -0.2) is 9.59 Å². The molecular formula is C41H53ClN4O11. The molecule has 57 heavy (non-hydrogen) atoms. The van der Waals surface area contributed by atoms with Crippen LogP contribution in [-0.4, -0.2) is 118 Å². The van der Waals surface area contributed by atoms with E-state index in [4.69, 9.17) is 40.0 Å². The summed E-state index contributed by atoms with van der Waals surface area (Å²) in [5, 5.41) is 17.5. The van der Waals surface area contributed by atoms with Crippen LogP contribution in [0.4, 0.5) is 16.2 Å². The van der Waals surface area contributed by atoms with E-state index in [0.29, 0.717) is 29.3 Å². The third kappa shape index (κ3) is 9.01. The number of rotatable bonds is 8. The normalized spacial score (nSPS) is 29.6. The lowest BCUT2D eigenvalue weighted by molar-refractivity contribution is -0.158. The zero-order valence-electron chi connectivity index (χ0n) is 34.0. The van der Waals surface area contributed by atoms with Crippen LogP contribution in [-0.2, 0) is 35.0 Å². The molecule has 3 amide bonds. The van der Waals surface area contributed by atoms with Crippen LogP contribution < -0.4 is 25.0 Å². The number of halogens is 1. The van der Waals surface area contributed by atoms with Gasteiger partial charge in [-0.3, -0.25) is 14.9 Å². The molecule has 3 heterocycles. The molecule has 3 N–H and O–H groups in total. The van der Waals surface area contributed by atoms with E-state index in [1.54, 1.807) is 70.4 Å². The zero-order valence-corrected chi connectivity index (χ0v) is 34.8. The molecule has 4 bridgehead atoms. The standard InChI is InChI=1S/C41H53ClN4O11/c1-22-12-11-13-32(54-10)41(51)21-31(55-39(50)44-41)23(2)36-40(4,57-36)33(20-34(47)46(7)28-17-25(16-22)18-30(53-9)35(28)42)56-38(49)24(3)45(6)37(48)27-19-26(43-5)14-15-29(27)52-8/h11-15,17-19,23-24,31-33,36,43,51H,16,20-21H2,1-10H3,(H,44,50)/b13-11+,22-12+/t23-,24+,31+,32-,33+,36+,40+,41+/m1/s1. The van der Waals surface area contributed by atoms with Crippen LogP contribution in [0, 0.1) is 5.92 Å². The third-order valence-electron chi connectivity index (χ3n) is 11.2. The van der Waals surface area contributed by atoms with Crippen molar-refractivity contribution in [2.45, 2.75) is 88.7 Å². The van der Waals surface area contributed by atoms with Crippen LogP contribution in [0.15, 0.2) is 54.1 Å². The van der Waals surface area contributed by atoms with Gasteiger partial charge in [-0.05, 0) is 63.1 Å². The lowest BCUT2D eigenvalue weighted by Crippen LogP contribution is -2.63. The van der Waals surface area contributed by atoms with Crippen LogP contribution in [0.25, 0.3) is 0 Å². The van der Waals surface area contributed by atoms with E-state index in [9.17, 15) is 24.3 Å². The Morgan fingerprint density at radius 3 is 2.49 bits per heavy atom. The van der Waals surface area contributed by atoms with Crippen molar-refractivity contribution in [2.75, 3.05) is 52.7 Å². The number of anilines is 2.